The number of amides is 1. The van der Waals surface area contributed by atoms with E-state index in [9.17, 15) is 9.00 Å². The Bertz CT molecular complexity index is 475. The Hall–Kier alpha value is -1.20. The standard InChI is InChI=1S/C14H22N2O2S/c1-10-8-12(14(15)17)4-5-13(10)9-16-7-6-11(2)19(3)18/h4-5,8,11,16H,6-7,9H2,1-3H3,(H2,15,17). The summed E-state index contributed by atoms with van der Waals surface area (Å²) in [6, 6.07) is 5.48. The van der Waals surface area contributed by atoms with Gasteiger partial charge in [-0.3, -0.25) is 9.00 Å². The fourth-order valence-corrected chi connectivity index (χ4v) is 2.19. The van der Waals surface area contributed by atoms with E-state index in [1.165, 1.54) is 0 Å². The Balaban J connectivity index is 2.46. The van der Waals surface area contributed by atoms with E-state index in [2.05, 4.69) is 5.32 Å². The summed E-state index contributed by atoms with van der Waals surface area (Å²) in [5.74, 6) is -0.401. The smallest absolute Gasteiger partial charge is 0.248 e. The first-order chi connectivity index (χ1) is 8.91. The van der Waals surface area contributed by atoms with Gasteiger partial charge in [0.15, 0.2) is 0 Å². The van der Waals surface area contributed by atoms with Crippen LogP contribution in [0.2, 0.25) is 0 Å². The fourth-order valence-electron chi connectivity index (χ4n) is 1.74. The van der Waals surface area contributed by atoms with Gasteiger partial charge in [-0.25, -0.2) is 0 Å². The molecule has 2 unspecified atom stereocenters. The van der Waals surface area contributed by atoms with Crippen molar-refractivity contribution in [2.75, 3.05) is 12.8 Å². The van der Waals surface area contributed by atoms with Crippen molar-refractivity contribution in [3.63, 3.8) is 0 Å². The average molecular weight is 282 g/mol. The Labute approximate surface area is 117 Å². The van der Waals surface area contributed by atoms with Crippen LogP contribution in [0.4, 0.5) is 0 Å². The number of hydrogen-bond donors (Lipinski definition) is 2. The summed E-state index contributed by atoms with van der Waals surface area (Å²) in [5, 5.41) is 3.54. The van der Waals surface area contributed by atoms with Crippen LogP contribution in [0.25, 0.3) is 0 Å². The number of primary amides is 1. The van der Waals surface area contributed by atoms with E-state index in [0.29, 0.717) is 5.56 Å². The van der Waals surface area contributed by atoms with Gasteiger partial charge in [0.05, 0.1) is 0 Å². The molecule has 0 aliphatic heterocycles. The first-order valence-corrected chi connectivity index (χ1v) is 7.96. The first kappa shape index (κ1) is 15.9. The van der Waals surface area contributed by atoms with Gasteiger partial charge in [-0.1, -0.05) is 13.0 Å². The van der Waals surface area contributed by atoms with E-state index in [-0.39, 0.29) is 5.25 Å². The van der Waals surface area contributed by atoms with E-state index in [4.69, 9.17) is 5.73 Å². The maximum absolute atomic E-state index is 11.2. The van der Waals surface area contributed by atoms with Crippen molar-refractivity contribution in [3.05, 3.63) is 34.9 Å². The second kappa shape index (κ2) is 7.40. The number of benzene rings is 1. The monoisotopic (exact) mass is 282 g/mol. The zero-order chi connectivity index (χ0) is 14.4. The lowest BCUT2D eigenvalue weighted by molar-refractivity contribution is 0.1000. The molecule has 1 aromatic carbocycles. The number of hydrogen-bond acceptors (Lipinski definition) is 3. The Kier molecular flexibility index (Phi) is 6.18. The van der Waals surface area contributed by atoms with Crippen LogP contribution >= 0.6 is 0 Å². The molecule has 1 rings (SSSR count). The van der Waals surface area contributed by atoms with E-state index >= 15 is 0 Å². The molecular formula is C14H22N2O2S. The summed E-state index contributed by atoms with van der Waals surface area (Å²) >= 11 is 0. The van der Waals surface area contributed by atoms with Crippen molar-refractivity contribution in [3.8, 4) is 0 Å². The van der Waals surface area contributed by atoms with Crippen molar-refractivity contribution in [2.24, 2.45) is 5.73 Å². The maximum Gasteiger partial charge on any atom is 0.248 e. The van der Waals surface area contributed by atoms with Crippen molar-refractivity contribution in [1.82, 2.24) is 5.32 Å². The number of carbonyl (C=O) groups is 1. The molecule has 4 nitrogen and oxygen atoms in total. The number of rotatable bonds is 7. The lowest BCUT2D eigenvalue weighted by atomic mass is 10.0. The zero-order valence-corrected chi connectivity index (χ0v) is 12.5. The minimum Gasteiger partial charge on any atom is -0.366 e. The number of aryl methyl sites for hydroxylation is 1. The summed E-state index contributed by atoms with van der Waals surface area (Å²) < 4.78 is 11.2. The highest BCUT2D eigenvalue weighted by molar-refractivity contribution is 7.84. The van der Waals surface area contributed by atoms with Crippen molar-refractivity contribution >= 4 is 16.7 Å². The lowest BCUT2D eigenvalue weighted by Gasteiger charge is -2.11. The van der Waals surface area contributed by atoms with Crippen LogP contribution in [0.15, 0.2) is 18.2 Å². The van der Waals surface area contributed by atoms with Gasteiger partial charge < -0.3 is 11.1 Å². The molecule has 1 aromatic rings. The molecule has 0 bridgehead atoms. The molecule has 0 fully saturated rings. The van der Waals surface area contributed by atoms with Gasteiger partial charge in [0.1, 0.15) is 0 Å². The van der Waals surface area contributed by atoms with E-state index < -0.39 is 16.7 Å². The molecule has 0 saturated heterocycles. The second-order valence-electron chi connectivity index (χ2n) is 4.78. The molecule has 0 saturated carbocycles. The highest BCUT2D eigenvalue weighted by Gasteiger charge is 2.06. The molecule has 106 valence electrons. The maximum atomic E-state index is 11.2. The Morgan fingerprint density at radius 3 is 2.68 bits per heavy atom. The van der Waals surface area contributed by atoms with Gasteiger partial charge in [0.25, 0.3) is 0 Å². The molecule has 19 heavy (non-hydrogen) atoms. The fraction of sp³-hybridized carbons (Fsp3) is 0.500. The Morgan fingerprint density at radius 1 is 1.47 bits per heavy atom. The first-order valence-electron chi connectivity index (χ1n) is 6.34. The van der Waals surface area contributed by atoms with Gasteiger partial charge in [0, 0.05) is 34.4 Å². The molecule has 5 heteroatoms. The lowest BCUT2D eigenvalue weighted by Crippen LogP contribution is -2.21. The van der Waals surface area contributed by atoms with E-state index in [1.54, 1.807) is 12.3 Å². The van der Waals surface area contributed by atoms with Crippen LogP contribution < -0.4 is 11.1 Å². The van der Waals surface area contributed by atoms with Crippen LogP contribution in [0, 0.1) is 6.92 Å². The minimum absolute atomic E-state index is 0.214. The Morgan fingerprint density at radius 2 is 2.16 bits per heavy atom. The quantitative estimate of drug-likeness (QED) is 0.741. The van der Waals surface area contributed by atoms with Crippen molar-refractivity contribution in [1.29, 1.82) is 0 Å². The highest BCUT2D eigenvalue weighted by atomic mass is 32.2. The molecule has 0 aromatic heterocycles. The van der Waals surface area contributed by atoms with E-state index in [1.807, 2.05) is 26.0 Å². The van der Waals surface area contributed by atoms with Gasteiger partial charge in [0.2, 0.25) is 5.91 Å². The average Bonchev–Trinajstić information content (AvgIpc) is 2.35. The largest absolute Gasteiger partial charge is 0.366 e. The van der Waals surface area contributed by atoms with E-state index in [0.717, 1.165) is 30.6 Å². The molecule has 1 amide bonds. The van der Waals surface area contributed by atoms with Crippen LogP contribution in [0.5, 0.6) is 0 Å². The molecule has 0 aliphatic rings. The van der Waals surface area contributed by atoms with Crippen LogP contribution in [0.3, 0.4) is 0 Å². The summed E-state index contributed by atoms with van der Waals surface area (Å²) in [6.45, 7) is 5.53. The summed E-state index contributed by atoms with van der Waals surface area (Å²) in [7, 11) is -0.762. The predicted octanol–water partition coefficient (Wildman–Crippen LogP) is 1.34. The third-order valence-electron chi connectivity index (χ3n) is 3.24. The molecule has 0 radical (unpaired) electrons. The van der Waals surface area contributed by atoms with Crippen LogP contribution in [0.1, 0.15) is 34.8 Å². The molecular weight excluding hydrogens is 260 g/mol. The predicted molar refractivity (Wildman–Crippen MR) is 79.5 cm³/mol. The molecule has 0 heterocycles. The van der Waals surface area contributed by atoms with Gasteiger partial charge in [-0.2, -0.15) is 0 Å². The minimum atomic E-state index is -0.762. The second-order valence-corrected chi connectivity index (χ2v) is 6.58. The normalized spacial score (nSPS) is 14.1. The molecule has 0 spiro atoms. The number of nitrogens with two attached hydrogens (primary N) is 1. The topological polar surface area (TPSA) is 72.2 Å². The van der Waals surface area contributed by atoms with Gasteiger partial charge in [-0.15, -0.1) is 0 Å². The SMILES string of the molecule is Cc1cc(C(N)=O)ccc1CNCCC(C)S(C)=O. The van der Waals surface area contributed by atoms with Crippen LogP contribution in [-0.4, -0.2) is 28.2 Å². The number of carbonyl (C=O) groups excluding carboxylic acids is 1. The third-order valence-corrected chi connectivity index (χ3v) is 4.61. The zero-order valence-electron chi connectivity index (χ0n) is 11.7. The van der Waals surface area contributed by atoms with Crippen LogP contribution in [-0.2, 0) is 17.3 Å². The third kappa shape index (κ3) is 5.12. The van der Waals surface area contributed by atoms with Gasteiger partial charge >= 0.3 is 0 Å². The van der Waals surface area contributed by atoms with Gasteiger partial charge in [-0.05, 0) is 43.1 Å². The molecule has 3 N–H and O–H groups in total. The summed E-state index contributed by atoms with van der Waals surface area (Å²) in [6.07, 6.45) is 2.62. The summed E-state index contributed by atoms with van der Waals surface area (Å²) in [4.78, 5) is 11.0. The summed E-state index contributed by atoms with van der Waals surface area (Å²) in [5.41, 5.74) is 7.97. The highest BCUT2D eigenvalue weighted by Crippen LogP contribution is 2.10. The molecule has 0 aliphatic carbocycles. The number of nitrogens with one attached hydrogen (secondary N) is 1. The molecule has 2 atom stereocenters. The van der Waals surface area contributed by atoms with Crippen molar-refractivity contribution in [2.45, 2.75) is 32.1 Å². The van der Waals surface area contributed by atoms with Crippen molar-refractivity contribution < 1.29 is 9.00 Å².